The second kappa shape index (κ2) is 4.75. The Kier molecular flexibility index (Phi) is 3.14. The summed E-state index contributed by atoms with van der Waals surface area (Å²) in [5.41, 5.74) is 0. The van der Waals surface area contributed by atoms with E-state index < -0.39 is 0 Å². The molecule has 0 bridgehead atoms. The van der Waals surface area contributed by atoms with Crippen molar-refractivity contribution in [2.45, 2.75) is 6.54 Å². The molecule has 0 spiro atoms. The van der Waals surface area contributed by atoms with Gasteiger partial charge in [0.05, 0.1) is 18.9 Å². The molecule has 0 amide bonds. The van der Waals surface area contributed by atoms with Gasteiger partial charge in [-0.15, -0.1) is 0 Å². The zero-order valence-electron chi connectivity index (χ0n) is 7.97. The maximum atomic E-state index is 5.69. The average Bonchev–Trinajstić information content (AvgIpc) is 2.71. The molecule has 0 saturated heterocycles. The highest BCUT2D eigenvalue weighted by molar-refractivity contribution is 6.29. The van der Waals surface area contributed by atoms with Crippen LogP contribution < -0.4 is 5.32 Å². The molecule has 0 radical (unpaired) electrons. The van der Waals surface area contributed by atoms with Crippen molar-refractivity contribution in [1.82, 2.24) is 19.7 Å². The Labute approximate surface area is 92.1 Å². The van der Waals surface area contributed by atoms with Gasteiger partial charge in [-0.25, -0.2) is 4.98 Å². The van der Waals surface area contributed by atoms with E-state index in [-0.39, 0.29) is 0 Å². The molecule has 0 aromatic carbocycles. The van der Waals surface area contributed by atoms with Crippen LogP contribution in [0.5, 0.6) is 0 Å². The standard InChI is InChI=1S/C9H10ClN5/c10-8-6-11-7-9(14-8)12-3-5-15-4-1-2-13-15/h1-2,4,6-7H,3,5H2,(H,12,14). The molecule has 2 aromatic rings. The lowest BCUT2D eigenvalue weighted by atomic mass is 10.5. The quantitative estimate of drug-likeness (QED) is 0.852. The summed E-state index contributed by atoms with van der Waals surface area (Å²) in [5, 5.41) is 7.57. The van der Waals surface area contributed by atoms with Gasteiger partial charge in [0.25, 0.3) is 0 Å². The molecule has 6 heteroatoms. The summed E-state index contributed by atoms with van der Waals surface area (Å²) in [6.45, 7) is 1.51. The lowest BCUT2D eigenvalue weighted by Crippen LogP contribution is -2.11. The molecule has 0 aliphatic carbocycles. The lowest BCUT2D eigenvalue weighted by Gasteiger charge is -2.04. The van der Waals surface area contributed by atoms with E-state index in [0.29, 0.717) is 11.0 Å². The van der Waals surface area contributed by atoms with E-state index in [0.717, 1.165) is 13.1 Å². The predicted octanol–water partition coefficient (Wildman–Crippen LogP) is 1.44. The summed E-state index contributed by atoms with van der Waals surface area (Å²) in [7, 11) is 0. The first-order valence-corrected chi connectivity index (χ1v) is 4.91. The van der Waals surface area contributed by atoms with Gasteiger partial charge in [0.1, 0.15) is 11.0 Å². The summed E-state index contributed by atoms with van der Waals surface area (Å²) in [6.07, 6.45) is 6.79. The van der Waals surface area contributed by atoms with E-state index in [9.17, 15) is 0 Å². The Morgan fingerprint density at radius 2 is 2.33 bits per heavy atom. The van der Waals surface area contributed by atoms with Crippen LogP contribution >= 0.6 is 11.6 Å². The van der Waals surface area contributed by atoms with Gasteiger partial charge >= 0.3 is 0 Å². The second-order valence-electron chi connectivity index (χ2n) is 2.92. The van der Waals surface area contributed by atoms with Gasteiger partial charge in [-0.05, 0) is 6.07 Å². The smallest absolute Gasteiger partial charge is 0.149 e. The Morgan fingerprint density at radius 1 is 1.40 bits per heavy atom. The minimum atomic E-state index is 0.388. The topological polar surface area (TPSA) is 55.6 Å². The summed E-state index contributed by atoms with van der Waals surface area (Å²) < 4.78 is 1.84. The third-order valence-corrected chi connectivity index (χ3v) is 1.99. The van der Waals surface area contributed by atoms with Crippen LogP contribution in [0.1, 0.15) is 0 Å². The van der Waals surface area contributed by atoms with Gasteiger partial charge in [-0.2, -0.15) is 5.10 Å². The van der Waals surface area contributed by atoms with Gasteiger partial charge in [0.2, 0.25) is 0 Å². The van der Waals surface area contributed by atoms with E-state index in [1.807, 2.05) is 16.9 Å². The fourth-order valence-corrected chi connectivity index (χ4v) is 1.31. The van der Waals surface area contributed by atoms with E-state index in [4.69, 9.17) is 11.6 Å². The Morgan fingerprint density at radius 3 is 3.07 bits per heavy atom. The zero-order valence-corrected chi connectivity index (χ0v) is 8.72. The predicted molar refractivity (Wildman–Crippen MR) is 57.8 cm³/mol. The third kappa shape index (κ3) is 2.92. The first kappa shape index (κ1) is 9.92. The highest BCUT2D eigenvalue weighted by atomic mass is 35.5. The maximum Gasteiger partial charge on any atom is 0.149 e. The third-order valence-electron chi connectivity index (χ3n) is 1.81. The second-order valence-corrected chi connectivity index (χ2v) is 3.31. The van der Waals surface area contributed by atoms with E-state index in [2.05, 4.69) is 20.4 Å². The molecule has 2 heterocycles. The van der Waals surface area contributed by atoms with Crippen molar-refractivity contribution in [2.24, 2.45) is 0 Å². The van der Waals surface area contributed by atoms with Crippen LogP contribution in [0.15, 0.2) is 30.9 Å². The molecule has 0 fully saturated rings. The van der Waals surface area contributed by atoms with E-state index in [1.54, 1.807) is 12.4 Å². The number of halogens is 1. The molecule has 0 aliphatic heterocycles. The van der Waals surface area contributed by atoms with Gasteiger partial charge < -0.3 is 5.32 Å². The molecule has 1 N–H and O–H groups in total. The minimum Gasteiger partial charge on any atom is -0.367 e. The van der Waals surface area contributed by atoms with Crippen LogP contribution in [0.2, 0.25) is 5.15 Å². The molecule has 0 atom stereocenters. The Hall–Kier alpha value is -1.62. The normalized spacial score (nSPS) is 10.2. The van der Waals surface area contributed by atoms with Gasteiger partial charge in [-0.1, -0.05) is 11.6 Å². The fraction of sp³-hybridized carbons (Fsp3) is 0.222. The molecular weight excluding hydrogens is 214 g/mol. The molecule has 2 aromatic heterocycles. The average molecular weight is 224 g/mol. The van der Waals surface area contributed by atoms with Gasteiger partial charge in [0.15, 0.2) is 0 Å². The number of anilines is 1. The molecule has 2 rings (SSSR count). The van der Waals surface area contributed by atoms with Crippen molar-refractivity contribution in [3.05, 3.63) is 36.0 Å². The fourth-order valence-electron chi connectivity index (χ4n) is 1.16. The van der Waals surface area contributed by atoms with E-state index in [1.165, 1.54) is 6.20 Å². The van der Waals surface area contributed by atoms with Crippen LogP contribution in [0.4, 0.5) is 5.82 Å². The Balaban J connectivity index is 1.83. The monoisotopic (exact) mass is 223 g/mol. The number of hydrogen-bond acceptors (Lipinski definition) is 4. The van der Waals surface area contributed by atoms with Crippen molar-refractivity contribution >= 4 is 17.4 Å². The maximum absolute atomic E-state index is 5.69. The number of nitrogens with zero attached hydrogens (tertiary/aromatic N) is 4. The number of nitrogens with one attached hydrogen (secondary N) is 1. The van der Waals surface area contributed by atoms with Crippen molar-refractivity contribution in [3.63, 3.8) is 0 Å². The SMILES string of the molecule is Clc1cncc(NCCn2cccn2)n1. The zero-order chi connectivity index (χ0) is 10.5. The molecule has 0 aliphatic rings. The minimum absolute atomic E-state index is 0.388. The van der Waals surface area contributed by atoms with Gasteiger partial charge in [0, 0.05) is 18.9 Å². The van der Waals surface area contributed by atoms with Crippen LogP contribution in [0.3, 0.4) is 0 Å². The van der Waals surface area contributed by atoms with E-state index >= 15 is 0 Å². The largest absolute Gasteiger partial charge is 0.367 e. The van der Waals surface area contributed by atoms with Crippen molar-refractivity contribution in [3.8, 4) is 0 Å². The van der Waals surface area contributed by atoms with Crippen LogP contribution in [-0.4, -0.2) is 26.3 Å². The molecular formula is C9H10ClN5. The van der Waals surface area contributed by atoms with Crippen LogP contribution in [0.25, 0.3) is 0 Å². The molecule has 5 nitrogen and oxygen atoms in total. The first-order valence-electron chi connectivity index (χ1n) is 4.53. The molecule has 0 unspecified atom stereocenters. The van der Waals surface area contributed by atoms with Crippen molar-refractivity contribution in [2.75, 3.05) is 11.9 Å². The highest BCUT2D eigenvalue weighted by Gasteiger charge is 1.95. The van der Waals surface area contributed by atoms with Crippen LogP contribution in [0, 0.1) is 0 Å². The summed E-state index contributed by atoms with van der Waals surface area (Å²) in [6, 6.07) is 1.89. The van der Waals surface area contributed by atoms with Gasteiger partial charge in [-0.3, -0.25) is 9.67 Å². The lowest BCUT2D eigenvalue weighted by molar-refractivity contribution is 0.637. The highest BCUT2D eigenvalue weighted by Crippen LogP contribution is 2.05. The van der Waals surface area contributed by atoms with Crippen molar-refractivity contribution < 1.29 is 0 Å². The number of hydrogen-bond donors (Lipinski definition) is 1. The molecule has 78 valence electrons. The molecule has 15 heavy (non-hydrogen) atoms. The molecule has 0 saturated carbocycles. The summed E-state index contributed by atoms with van der Waals surface area (Å²) >= 11 is 5.69. The number of rotatable bonds is 4. The first-order chi connectivity index (χ1) is 7.34. The summed E-state index contributed by atoms with van der Waals surface area (Å²) in [4.78, 5) is 7.97. The number of aromatic nitrogens is 4. The summed E-state index contributed by atoms with van der Waals surface area (Å²) in [5.74, 6) is 0.676. The van der Waals surface area contributed by atoms with Crippen LogP contribution in [-0.2, 0) is 6.54 Å². The van der Waals surface area contributed by atoms with Crippen molar-refractivity contribution in [1.29, 1.82) is 0 Å². The Bertz CT molecular complexity index is 414.